The van der Waals surface area contributed by atoms with Crippen LogP contribution in [-0.4, -0.2) is 30.8 Å². The van der Waals surface area contributed by atoms with Gasteiger partial charge in [-0.15, -0.1) is 0 Å². The van der Waals surface area contributed by atoms with E-state index in [0.29, 0.717) is 18.0 Å². The first-order chi connectivity index (χ1) is 13.0. The van der Waals surface area contributed by atoms with Crippen LogP contribution < -0.4 is 0 Å². The van der Waals surface area contributed by atoms with Crippen LogP contribution in [0.4, 0.5) is 4.39 Å². The Morgan fingerprint density at radius 1 is 1.15 bits per heavy atom. The van der Waals surface area contributed by atoms with Gasteiger partial charge in [0.15, 0.2) is 0 Å². The van der Waals surface area contributed by atoms with E-state index in [1.54, 1.807) is 22.5 Å². The summed E-state index contributed by atoms with van der Waals surface area (Å²) in [6, 6.07) is 13.7. The molecule has 2 heterocycles. The molecular weight excluding hydrogens is 363 g/mol. The zero-order chi connectivity index (χ0) is 19.0. The van der Waals surface area contributed by atoms with Gasteiger partial charge in [-0.2, -0.15) is 4.31 Å². The summed E-state index contributed by atoms with van der Waals surface area (Å²) in [5.41, 5.74) is 2.97. The van der Waals surface area contributed by atoms with Gasteiger partial charge >= 0.3 is 0 Å². The molecule has 142 valence electrons. The van der Waals surface area contributed by atoms with Crippen LogP contribution in [0.3, 0.4) is 0 Å². The van der Waals surface area contributed by atoms with Crippen molar-refractivity contribution >= 4 is 20.9 Å². The van der Waals surface area contributed by atoms with Gasteiger partial charge in [0, 0.05) is 35.6 Å². The highest BCUT2D eigenvalue weighted by molar-refractivity contribution is 7.89. The number of rotatable bonds is 4. The third-order valence-corrected chi connectivity index (χ3v) is 7.28. The quantitative estimate of drug-likeness (QED) is 0.721. The second-order valence-electron chi connectivity index (χ2n) is 7.16. The van der Waals surface area contributed by atoms with Crippen molar-refractivity contribution in [3.8, 4) is 0 Å². The van der Waals surface area contributed by atoms with Crippen molar-refractivity contribution < 1.29 is 12.8 Å². The summed E-state index contributed by atoms with van der Waals surface area (Å²) in [5, 5.41) is 0.820. The Labute approximate surface area is 159 Å². The van der Waals surface area contributed by atoms with E-state index in [1.807, 2.05) is 25.1 Å². The molecule has 27 heavy (non-hydrogen) atoms. The molecule has 0 spiro atoms. The highest BCUT2D eigenvalue weighted by Crippen LogP contribution is 2.32. The molecule has 0 aliphatic carbocycles. The Morgan fingerprint density at radius 2 is 1.93 bits per heavy atom. The number of hydrogen-bond donors (Lipinski definition) is 1. The van der Waals surface area contributed by atoms with E-state index in [9.17, 15) is 12.8 Å². The van der Waals surface area contributed by atoms with E-state index in [-0.39, 0.29) is 11.7 Å². The molecule has 1 atom stereocenters. The molecule has 1 N–H and O–H groups in total. The highest BCUT2D eigenvalue weighted by atomic mass is 32.2. The minimum absolute atomic E-state index is 0.0823. The molecule has 3 aromatic rings. The van der Waals surface area contributed by atoms with Crippen molar-refractivity contribution in [2.24, 2.45) is 0 Å². The van der Waals surface area contributed by atoms with Crippen molar-refractivity contribution in [2.75, 3.05) is 13.1 Å². The van der Waals surface area contributed by atoms with E-state index in [2.05, 4.69) is 4.98 Å². The third-order valence-electron chi connectivity index (χ3n) is 5.40. The average molecular weight is 386 g/mol. The van der Waals surface area contributed by atoms with Gasteiger partial charge in [0.2, 0.25) is 10.0 Å². The molecule has 0 bridgehead atoms. The molecule has 4 rings (SSSR count). The van der Waals surface area contributed by atoms with Crippen LogP contribution in [0.15, 0.2) is 53.4 Å². The first-order valence-corrected chi connectivity index (χ1v) is 10.8. The summed E-state index contributed by atoms with van der Waals surface area (Å²) in [6.45, 7) is 3.02. The number of benzene rings is 2. The number of sulfonamides is 1. The third kappa shape index (κ3) is 3.51. The summed E-state index contributed by atoms with van der Waals surface area (Å²) in [5.74, 6) is -0.185. The molecular formula is C21H23FN2O2S. The molecule has 1 aliphatic rings. The summed E-state index contributed by atoms with van der Waals surface area (Å²) >= 11 is 0. The Hall–Kier alpha value is -2.18. The smallest absolute Gasteiger partial charge is 0.243 e. The normalized spacial score (nSPS) is 18.8. The number of hydrogen-bond acceptors (Lipinski definition) is 2. The highest BCUT2D eigenvalue weighted by Gasteiger charge is 2.31. The summed E-state index contributed by atoms with van der Waals surface area (Å²) in [6.07, 6.45) is 2.60. The molecule has 6 heteroatoms. The molecule has 0 amide bonds. The van der Waals surface area contributed by atoms with Gasteiger partial charge in [0.05, 0.1) is 4.90 Å². The number of aryl methyl sites for hydroxylation is 1. The fourth-order valence-corrected chi connectivity index (χ4v) is 5.33. The predicted octanol–water partition coefficient (Wildman–Crippen LogP) is 4.44. The molecule has 4 nitrogen and oxygen atoms in total. The molecule has 0 radical (unpaired) electrons. The number of H-pyrrole nitrogens is 1. The summed E-state index contributed by atoms with van der Waals surface area (Å²) < 4.78 is 41.1. The van der Waals surface area contributed by atoms with Crippen LogP contribution in [0.5, 0.6) is 0 Å². The number of piperidine rings is 1. The summed E-state index contributed by atoms with van der Waals surface area (Å²) in [4.78, 5) is 3.68. The number of nitrogens with one attached hydrogen (secondary N) is 1. The van der Waals surface area contributed by atoms with Crippen molar-refractivity contribution in [3.63, 3.8) is 0 Å². The van der Waals surface area contributed by atoms with Crippen LogP contribution in [0.25, 0.3) is 10.9 Å². The number of halogens is 1. The second kappa shape index (κ2) is 7.09. The molecule has 1 aliphatic heterocycles. The minimum Gasteiger partial charge on any atom is -0.358 e. The van der Waals surface area contributed by atoms with Gasteiger partial charge in [-0.1, -0.05) is 19.1 Å². The molecule has 1 unspecified atom stereocenters. The fourth-order valence-electron chi connectivity index (χ4n) is 3.81. The van der Waals surface area contributed by atoms with E-state index >= 15 is 0 Å². The minimum atomic E-state index is -3.51. The van der Waals surface area contributed by atoms with Gasteiger partial charge in [-0.25, -0.2) is 12.8 Å². The van der Waals surface area contributed by atoms with E-state index in [0.717, 1.165) is 41.4 Å². The number of aromatic nitrogens is 1. The zero-order valence-electron chi connectivity index (χ0n) is 15.3. The monoisotopic (exact) mass is 386 g/mol. The lowest BCUT2D eigenvalue weighted by Crippen LogP contribution is -2.39. The maximum Gasteiger partial charge on any atom is 0.243 e. The molecule has 1 aromatic heterocycles. The maximum atomic E-state index is 13.4. The second-order valence-corrected chi connectivity index (χ2v) is 9.09. The van der Waals surface area contributed by atoms with E-state index < -0.39 is 10.0 Å². The Morgan fingerprint density at radius 3 is 2.67 bits per heavy atom. The van der Waals surface area contributed by atoms with Gasteiger partial charge in [0.1, 0.15) is 5.82 Å². The molecule has 1 fully saturated rings. The first-order valence-electron chi connectivity index (χ1n) is 9.34. The van der Waals surface area contributed by atoms with Crippen molar-refractivity contribution in [3.05, 3.63) is 65.6 Å². The van der Waals surface area contributed by atoms with Gasteiger partial charge < -0.3 is 4.98 Å². The predicted molar refractivity (Wildman–Crippen MR) is 105 cm³/mol. The van der Waals surface area contributed by atoms with Gasteiger partial charge in [-0.05, 0) is 61.2 Å². The van der Waals surface area contributed by atoms with Gasteiger partial charge in [0.25, 0.3) is 0 Å². The van der Waals surface area contributed by atoms with E-state index in [4.69, 9.17) is 0 Å². The van der Waals surface area contributed by atoms with Crippen molar-refractivity contribution in [1.29, 1.82) is 0 Å². The zero-order valence-corrected chi connectivity index (χ0v) is 16.1. The fraction of sp³-hybridized carbons (Fsp3) is 0.333. The average Bonchev–Trinajstić information content (AvgIpc) is 3.11. The number of fused-ring (bicyclic) bond motifs is 1. The van der Waals surface area contributed by atoms with Crippen LogP contribution in [0.1, 0.15) is 36.9 Å². The van der Waals surface area contributed by atoms with Crippen LogP contribution in [0, 0.1) is 5.82 Å². The topological polar surface area (TPSA) is 53.2 Å². The molecule has 2 aromatic carbocycles. The lowest BCUT2D eigenvalue weighted by Gasteiger charge is -2.31. The summed E-state index contributed by atoms with van der Waals surface area (Å²) in [7, 11) is -3.51. The first kappa shape index (κ1) is 18.2. The number of nitrogens with zero attached hydrogens (tertiary/aromatic N) is 1. The Bertz CT molecular complexity index is 1060. The molecule has 0 saturated carbocycles. The largest absolute Gasteiger partial charge is 0.358 e. The van der Waals surface area contributed by atoms with E-state index in [1.165, 1.54) is 12.1 Å². The lowest BCUT2D eigenvalue weighted by molar-refractivity contribution is 0.313. The van der Waals surface area contributed by atoms with Crippen molar-refractivity contribution in [1.82, 2.24) is 9.29 Å². The lowest BCUT2D eigenvalue weighted by atomic mass is 9.96. The maximum absolute atomic E-state index is 13.4. The van der Waals surface area contributed by atoms with Crippen molar-refractivity contribution in [2.45, 2.75) is 37.0 Å². The number of aromatic amines is 1. The van der Waals surface area contributed by atoms with Crippen LogP contribution >= 0.6 is 0 Å². The Balaban J connectivity index is 1.59. The van der Waals surface area contributed by atoms with Gasteiger partial charge in [-0.3, -0.25) is 0 Å². The van der Waals surface area contributed by atoms with Crippen LogP contribution in [0.2, 0.25) is 0 Å². The molecule has 1 saturated heterocycles. The standard InChI is InChI=1S/C21H23FN2O2S/c1-2-15-5-8-19(9-6-15)27(25,26)24-11-3-4-16(14-24)21-13-17-12-18(22)7-10-20(17)23-21/h5-10,12-13,16,23H,2-4,11,14H2,1H3. The SMILES string of the molecule is CCc1ccc(S(=O)(=O)N2CCCC(c3cc4cc(F)ccc4[nH]3)C2)cc1. The Kier molecular flexibility index (Phi) is 4.78. The van der Waals surface area contributed by atoms with Crippen LogP contribution in [-0.2, 0) is 16.4 Å².